The molecule has 0 saturated carbocycles. The number of ether oxygens (including phenoxy) is 1. The molecule has 0 amide bonds. The molecule has 4 nitrogen and oxygen atoms in total. The van der Waals surface area contributed by atoms with Crippen LogP contribution >= 0.6 is 15.9 Å². The van der Waals surface area contributed by atoms with Gasteiger partial charge in [0.25, 0.3) is 0 Å². The van der Waals surface area contributed by atoms with E-state index in [1.165, 1.54) is 12.1 Å². The lowest BCUT2D eigenvalue weighted by molar-refractivity contribution is 0.0727. The Kier molecular flexibility index (Phi) is 5.04. The summed E-state index contributed by atoms with van der Waals surface area (Å²) < 4.78 is 21.4. The van der Waals surface area contributed by atoms with Gasteiger partial charge >= 0.3 is 5.97 Å². The van der Waals surface area contributed by atoms with Crippen molar-refractivity contribution in [3.05, 3.63) is 101 Å². The first kappa shape index (κ1) is 18.1. The van der Waals surface area contributed by atoms with Crippen LogP contribution in [-0.2, 0) is 0 Å². The minimum atomic E-state index is -0.494. The van der Waals surface area contributed by atoms with Gasteiger partial charge in [0.2, 0.25) is 5.88 Å². The SMILES string of the molecule is O=C(Oc1cc(-c2ccc(Br)cc2)n(-c2ccc(F)cc2)n1)c1ccccc1. The third-order valence-corrected chi connectivity index (χ3v) is 4.63. The Labute approximate surface area is 169 Å². The van der Waals surface area contributed by atoms with Crippen LogP contribution in [0.2, 0.25) is 0 Å². The number of hydrogen-bond acceptors (Lipinski definition) is 3. The maximum Gasteiger partial charge on any atom is 0.344 e. The van der Waals surface area contributed by atoms with E-state index in [4.69, 9.17) is 4.74 Å². The molecule has 138 valence electrons. The van der Waals surface area contributed by atoms with E-state index in [-0.39, 0.29) is 11.7 Å². The number of benzene rings is 3. The molecule has 0 N–H and O–H groups in total. The van der Waals surface area contributed by atoms with E-state index in [2.05, 4.69) is 21.0 Å². The Morgan fingerprint density at radius 1 is 0.929 bits per heavy atom. The summed E-state index contributed by atoms with van der Waals surface area (Å²) in [5.41, 5.74) is 2.68. The third kappa shape index (κ3) is 3.87. The van der Waals surface area contributed by atoms with E-state index < -0.39 is 5.97 Å². The van der Waals surface area contributed by atoms with Gasteiger partial charge in [-0.25, -0.2) is 13.9 Å². The molecule has 4 aromatic rings. The Balaban J connectivity index is 1.74. The van der Waals surface area contributed by atoms with E-state index in [1.54, 1.807) is 47.1 Å². The van der Waals surface area contributed by atoms with Gasteiger partial charge in [-0.1, -0.05) is 46.3 Å². The van der Waals surface area contributed by atoms with Crippen molar-refractivity contribution in [3.63, 3.8) is 0 Å². The molecule has 0 aliphatic carbocycles. The molecule has 1 aromatic heterocycles. The van der Waals surface area contributed by atoms with E-state index in [0.29, 0.717) is 11.3 Å². The van der Waals surface area contributed by atoms with Gasteiger partial charge < -0.3 is 4.74 Å². The lowest BCUT2D eigenvalue weighted by Gasteiger charge is -2.07. The first-order valence-corrected chi connectivity index (χ1v) is 9.28. The molecule has 6 heteroatoms. The third-order valence-electron chi connectivity index (χ3n) is 4.10. The molecule has 3 aromatic carbocycles. The van der Waals surface area contributed by atoms with E-state index in [0.717, 1.165) is 15.7 Å². The number of carbonyl (C=O) groups is 1. The van der Waals surface area contributed by atoms with Gasteiger partial charge in [0.15, 0.2) is 0 Å². The molecular weight excluding hydrogens is 423 g/mol. The first-order chi connectivity index (χ1) is 13.6. The molecule has 0 saturated heterocycles. The molecule has 28 heavy (non-hydrogen) atoms. The van der Waals surface area contributed by atoms with E-state index in [1.807, 2.05) is 30.3 Å². The molecule has 0 spiro atoms. The fourth-order valence-corrected chi connectivity index (χ4v) is 3.01. The summed E-state index contributed by atoms with van der Waals surface area (Å²) in [7, 11) is 0. The molecule has 0 fully saturated rings. The van der Waals surface area contributed by atoms with E-state index in [9.17, 15) is 9.18 Å². The van der Waals surface area contributed by atoms with Crippen molar-refractivity contribution >= 4 is 21.9 Å². The molecule has 0 radical (unpaired) electrons. The number of halogens is 2. The zero-order valence-electron chi connectivity index (χ0n) is 14.5. The number of esters is 1. The molecule has 0 unspecified atom stereocenters. The molecule has 0 aliphatic rings. The second-order valence-corrected chi connectivity index (χ2v) is 6.93. The minimum absolute atomic E-state index is 0.163. The van der Waals surface area contributed by atoms with Crippen LogP contribution in [0.5, 0.6) is 5.88 Å². The smallest absolute Gasteiger partial charge is 0.344 e. The van der Waals surface area contributed by atoms with Crippen LogP contribution in [0.25, 0.3) is 16.9 Å². The molecule has 0 aliphatic heterocycles. The van der Waals surface area contributed by atoms with Gasteiger partial charge in [-0.3, -0.25) is 0 Å². The fourth-order valence-electron chi connectivity index (χ4n) is 2.74. The molecular formula is C22H14BrFN2O2. The van der Waals surface area contributed by atoms with Crippen molar-refractivity contribution in [2.75, 3.05) is 0 Å². The lowest BCUT2D eigenvalue weighted by atomic mass is 10.1. The molecule has 0 bridgehead atoms. The fraction of sp³-hybridized carbons (Fsp3) is 0. The summed E-state index contributed by atoms with van der Waals surface area (Å²) in [6.07, 6.45) is 0. The highest BCUT2D eigenvalue weighted by atomic mass is 79.9. The van der Waals surface area contributed by atoms with Crippen molar-refractivity contribution in [1.82, 2.24) is 9.78 Å². The maximum atomic E-state index is 13.3. The summed E-state index contributed by atoms with van der Waals surface area (Å²) in [6, 6.07) is 24.0. The second kappa shape index (κ2) is 7.78. The highest BCUT2D eigenvalue weighted by Gasteiger charge is 2.16. The van der Waals surface area contributed by atoms with Crippen molar-refractivity contribution < 1.29 is 13.9 Å². The second-order valence-electron chi connectivity index (χ2n) is 6.02. The summed E-state index contributed by atoms with van der Waals surface area (Å²) in [5.74, 6) is -0.667. The van der Waals surface area contributed by atoms with Crippen LogP contribution < -0.4 is 4.74 Å². The maximum absolute atomic E-state index is 13.3. The van der Waals surface area contributed by atoms with Crippen LogP contribution in [0.1, 0.15) is 10.4 Å². The standard InChI is InChI=1S/C22H14BrFN2O2/c23-17-8-6-15(7-9-17)20-14-21(28-22(27)16-4-2-1-3-5-16)25-26(20)19-12-10-18(24)11-13-19/h1-14H. The summed E-state index contributed by atoms with van der Waals surface area (Å²) in [6.45, 7) is 0. The number of hydrogen-bond donors (Lipinski definition) is 0. The van der Waals surface area contributed by atoms with Crippen molar-refractivity contribution in [1.29, 1.82) is 0 Å². The molecule has 1 heterocycles. The molecule has 4 rings (SSSR count). The normalized spacial score (nSPS) is 10.6. The number of aromatic nitrogens is 2. The summed E-state index contributed by atoms with van der Waals surface area (Å²) in [4.78, 5) is 12.4. The van der Waals surface area contributed by atoms with Crippen LogP contribution in [0.15, 0.2) is 89.4 Å². The van der Waals surface area contributed by atoms with Crippen LogP contribution in [0, 0.1) is 5.82 Å². The van der Waals surface area contributed by atoms with Gasteiger partial charge in [-0.15, -0.1) is 5.10 Å². The van der Waals surface area contributed by atoms with Crippen molar-refractivity contribution in [3.8, 4) is 22.8 Å². The van der Waals surface area contributed by atoms with Gasteiger partial charge in [-0.2, -0.15) is 0 Å². The Morgan fingerprint density at radius 2 is 1.61 bits per heavy atom. The topological polar surface area (TPSA) is 44.1 Å². The largest absolute Gasteiger partial charge is 0.402 e. The monoisotopic (exact) mass is 436 g/mol. The number of rotatable bonds is 4. The van der Waals surface area contributed by atoms with Crippen LogP contribution in [0.3, 0.4) is 0 Å². The Morgan fingerprint density at radius 3 is 2.29 bits per heavy atom. The lowest BCUT2D eigenvalue weighted by Crippen LogP contribution is -2.09. The molecule has 0 atom stereocenters. The quantitative estimate of drug-likeness (QED) is 0.387. The minimum Gasteiger partial charge on any atom is -0.402 e. The van der Waals surface area contributed by atoms with Gasteiger partial charge in [0, 0.05) is 16.1 Å². The van der Waals surface area contributed by atoms with Gasteiger partial charge in [-0.05, 0) is 48.5 Å². The highest BCUT2D eigenvalue weighted by molar-refractivity contribution is 9.10. The van der Waals surface area contributed by atoms with Crippen LogP contribution in [0.4, 0.5) is 4.39 Å². The Hall–Kier alpha value is -3.25. The van der Waals surface area contributed by atoms with Crippen molar-refractivity contribution in [2.45, 2.75) is 0 Å². The van der Waals surface area contributed by atoms with E-state index >= 15 is 0 Å². The predicted molar refractivity (Wildman–Crippen MR) is 108 cm³/mol. The average Bonchev–Trinajstić information content (AvgIpc) is 3.13. The van der Waals surface area contributed by atoms with Crippen molar-refractivity contribution in [2.24, 2.45) is 0 Å². The highest BCUT2D eigenvalue weighted by Crippen LogP contribution is 2.28. The van der Waals surface area contributed by atoms with Crippen LogP contribution in [-0.4, -0.2) is 15.7 Å². The number of carbonyl (C=O) groups excluding carboxylic acids is 1. The zero-order chi connectivity index (χ0) is 19.5. The predicted octanol–water partition coefficient (Wildman–Crippen LogP) is 5.66. The summed E-state index contributed by atoms with van der Waals surface area (Å²) in [5, 5.41) is 4.41. The number of nitrogens with zero attached hydrogens (tertiary/aromatic N) is 2. The average molecular weight is 437 g/mol. The van der Waals surface area contributed by atoms with Gasteiger partial charge in [0.05, 0.1) is 16.9 Å². The zero-order valence-corrected chi connectivity index (χ0v) is 16.1. The summed E-state index contributed by atoms with van der Waals surface area (Å²) >= 11 is 3.42. The first-order valence-electron chi connectivity index (χ1n) is 8.49. The Bertz CT molecular complexity index is 1040. The van der Waals surface area contributed by atoms with Gasteiger partial charge in [0.1, 0.15) is 5.82 Å².